The molecule has 0 fully saturated rings. The van der Waals surface area contributed by atoms with Crippen molar-refractivity contribution in [1.82, 2.24) is 0 Å². The maximum absolute atomic E-state index is 11.5. The van der Waals surface area contributed by atoms with E-state index in [0.717, 1.165) is 0 Å². The molecule has 0 aliphatic rings. The molecule has 0 heterocycles. The summed E-state index contributed by atoms with van der Waals surface area (Å²) in [5.74, 6) is 0. The van der Waals surface area contributed by atoms with Crippen LogP contribution in [0.3, 0.4) is 0 Å². The van der Waals surface area contributed by atoms with E-state index in [2.05, 4.69) is 27.9 Å². The van der Waals surface area contributed by atoms with Crippen LogP contribution in [0.15, 0.2) is 23.1 Å². The number of ether oxygens (including phenoxy) is 1. The van der Waals surface area contributed by atoms with Crippen LogP contribution in [0, 0.1) is 0 Å². The van der Waals surface area contributed by atoms with Crippen molar-refractivity contribution in [1.29, 1.82) is 0 Å². The fraction of sp³-hybridized carbons (Fsp3) is 0. The monoisotopic (exact) mass is 174 g/mol. The molecule has 0 aromatic rings. The minimum atomic E-state index is -1.08. The van der Waals surface area contributed by atoms with Crippen molar-refractivity contribution in [2.24, 2.45) is 0 Å². The van der Waals surface area contributed by atoms with Crippen LogP contribution in [-0.4, -0.2) is 0 Å². The van der Waals surface area contributed by atoms with Crippen LogP contribution in [0.4, 0.5) is 8.78 Å². The molecule has 0 saturated heterocycles. The predicted molar refractivity (Wildman–Crippen MR) is 31.2 cm³/mol. The summed E-state index contributed by atoms with van der Waals surface area (Å²) in [5.41, 5.74) is 0. The third-order valence-corrected chi connectivity index (χ3v) is 0.492. The first-order chi connectivity index (χ1) is 4.13. The summed E-state index contributed by atoms with van der Waals surface area (Å²) in [6.07, 6.45) is 1.01. The predicted octanol–water partition coefficient (Wildman–Crippen LogP) is 3.02. The number of hydrogen-bond donors (Lipinski definition) is 0. The summed E-state index contributed by atoms with van der Waals surface area (Å²) in [7, 11) is 0. The summed E-state index contributed by atoms with van der Waals surface area (Å²) in [6.45, 7) is 0. The van der Waals surface area contributed by atoms with E-state index >= 15 is 0 Å². The zero-order chi connectivity index (χ0) is 7.28. The molecule has 0 amide bonds. The van der Waals surface area contributed by atoms with Gasteiger partial charge in [-0.2, -0.15) is 8.78 Å². The van der Waals surface area contributed by atoms with E-state index < -0.39 is 10.6 Å². The van der Waals surface area contributed by atoms with E-state index in [0.29, 0.717) is 12.5 Å². The maximum Gasteiger partial charge on any atom is 0.224 e. The molecule has 5 heteroatoms. The lowest BCUT2D eigenvalue weighted by Crippen LogP contribution is -1.66. The average Bonchev–Trinajstić information content (AvgIpc) is 1.63. The van der Waals surface area contributed by atoms with E-state index in [1.54, 1.807) is 0 Å². The minimum absolute atomic E-state index is 0.503. The second-order valence-electron chi connectivity index (χ2n) is 0.951. The molecule has 0 saturated carbocycles. The summed E-state index contributed by atoms with van der Waals surface area (Å²) in [6, 6.07) is 0. The van der Waals surface area contributed by atoms with Crippen molar-refractivity contribution in [3.05, 3.63) is 23.1 Å². The SMILES string of the molecule is F/C(Cl)=C\O/C=C(\F)Cl. The number of halogens is 4. The van der Waals surface area contributed by atoms with Crippen molar-refractivity contribution in [2.75, 3.05) is 0 Å². The molecule has 0 rings (SSSR count). The van der Waals surface area contributed by atoms with Gasteiger partial charge in [-0.05, 0) is 23.2 Å². The zero-order valence-corrected chi connectivity index (χ0v) is 5.59. The van der Waals surface area contributed by atoms with E-state index in [1.807, 2.05) is 0 Å². The normalized spacial score (nSPS) is 13.8. The molecule has 0 bridgehead atoms. The van der Waals surface area contributed by atoms with E-state index in [9.17, 15) is 8.78 Å². The molecule has 0 aliphatic carbocycles. The van der Waals surface area contributed by atoms with Crippen LogP contribution in [-0.2, 0) is 4.74 Å². The van der Waals surface area contributed by atoms with Gasteiger partial charge in [0.25, 0.3) is 0 Å². The fourth-order valence-electron chi connectivity index (χ4n) is 0.137. The van der Waals surface area contributed by atoms with Gasteiger partial charge in [-0.15, -0.1) is 0 Å². The lowest BCUT2D eigenvalue weighted by molar-refractivity contribution is 0.377. The van der Waals surface area contributed by atoms with Crippen LogP contribution >= 0.6 is 23.2 Å². The quantitative estimate of drug-likeness (QED) is 0.586. The van der Waals surface area contributed by atoms with Gasteiger partial charge in [0.2, 0.25) is 10.6 Å². The Hall–Kier alpha value is -0.280. The van der Waals surface area contributed by atoms with Crippen molar-refractivity contribution in [3.63, 3.8) is 0 Å². The van der Waals surface area contributed by atoms with Crippen molar-refractivity contribution in [2.45, 2.75) is 0 Å². The van der Waals surface area contributed by atoms with Crippen LogP contribution in [0.25, 0.3) is 0 Å². The maximum atomic E-state index is 11.5. The molecule has 0 radical (unpaired) electrons. The topological polar surface area (TPSA) is 9.23 Å². The molecule has 0 N–H and O–H groups in total. The smallest absolute Gasteiger partial charge is 0.224 e. The molecule has 0 atom stereocenters. The van der Waals surface area contributed by atoms with Crippen LogP contribution in [0.1, 0.15) is 0 Å². The molecule has 0 spiro atoms. The molecule has 0 unspecified atom stereocenters. The van der Waals surface area contributed by atoms with Crippen molar-refractivity contribution >= 4 is 23.2 Å². The Bertz CT molecular complexity index is 120. The Morgan fingerprint density at radius 3 is 1.67 bits per heavy atom. The highest BCUT2D eigenvalue weighted by molar-refractivity contribution is 6.28. The highest BCUT2D eigenvalue weighted by atomic mass is 35.5. The zero-order valence-electron chi connectivity index (χ0n) is 4.07. The molecule has 52 valence electrons. The van der Waals surface area contributed by atoms with Gasteiger partial charge in [-0.25, -0.2) is 0 Å². The Balaban J connectivity index is 3.53. The largest absolute Gasteiger partial charge is 0.465 e. The van der Waals surface area contributed by atoms with Gasteiger partial charge in [0, 0.05) is 0 Å². The molecule has 1 nitrogen and oxygen atoms in total. The van der Waals surface area contributed by atoms with E-state index in [1.165, 1.54) is 0 Å². The van der Waals surface area contributed by atoms with Crippen molar-refractivity contribution in [3.8, 4) is 0 Å². The van der Waals surface area contributed by atoms with E-state index in [4.69, 9.17) is 0 Å². The summed E-state index contributed by atoms with van der Waals surface area (Å²) in [4.78, 5) is 0. The average molecular weight is 175 g/mol. The van der Waals surface area contributed by atoms with Crippen LogP contribution in [0.2, 0.25) is 0 Å². The molecule has 0 aliphatic heterocycles. The van der Waals surface area contributed by atoms with Gasteiger partial charge >= 0.3 is 0 Å². The van der Waals surface area contributed by atoms with E-state index in [-0.39, 0.29) is 0 Å². The van der Waals surface area contributed by atoms with Gasteiger partial charge in [-0.1, -0.05) is 0 Å². The first-order valence-electron chi connectivity index (χ1n) is 1.80. The lowest BCUT2D eigenvalue weighted by atomic mass is 11.0. The first kappa shape index (κ1) is 8.72. The van der Waals surface area contributed by atoms with Crippen LogP contribution < -0.4 is 0 Å². The summed E-state index contributed by atoms with van der Waals surface area (Å²) < 4.78 is 26.9. The Labute approximate surface area is 60.5 Å². The minimum Gasteiger partial charge on any atom is -0.465 e. The van der Waals surface area contributed by atoms with Gasteiger partial charge in [0.05, 0.1) is 0 Å². The summed E-state index contributed by atoms with van der Waals surface area (Å²) in [5, 5.41) is -2.16. The Kier molecular flexibility index (Phi) is 4.44. The van der Waals surface area contributed by atoms with Gasteiger partial charge in [-0.3, -0.25) is 0 Å². The number of rotatable bonds is 2. The van der Waals surface area contributed by atoms with Crippen LogP contribution in [0.5, 0.6) is 0 Å². The molecule has 0 aromatic carbocycles. The summed E-state index contributed by atoms with van der Waals surface area (Å²) >= 11 is 9.27. The Morgan fingerprint density at radius 2 is 1.44 bits per heavy atom. The third-order valence-electron chi connectivity index (χ3n) is 0.314. The second kappa shape index (κ2) is 4.58. The van der Waals surface area contributed by atoms with Gasteiger partial charge in [0.1, 0.15) is 12.5 Å². The highest BCUT2D eigenvalue weighted by Crippen LogP contribution is 2.05. The standard InChI is InChI=1S/C4H2Cl2F2O/c5-3(7)1-9-2-4(6)8/h1-2H/b3-1-,4-2-. The lowest BCUT2D eigenvalue weighted by Gasteiger charge is -1.85. The highest BCUT2D eigenvalue weighted by Gasteiger charge is 1.85. The third kappa shape index (κ3) is 7.72. The van der Waals surface area contributed by atoms with Crippen molar-refractivity contribution < 1.29 is 13.5 Å². The molecular formula is C4H2Cl2F2O. The van der Waals surface area contributed by atoms with Gasteiger partial charge in [0.15, 0.2) is 0 Å². The van der Waals surface area contributed by atoms with Gasteiger partial charge < -0.3 is 4.74 Å². The fourth-order valence-corrected chi connectivity index (χ4v) is 0.240. The first-order valence-corrected chi connectivity index (χ1v) is 2.56. The Morgan fingerprint density at radius 1 is 1.11 bits per heavy atom. The molecular weight excluding hydrogens is 173 g/mol. The molecule has 0 aromatic heterocycles. The molecule has 9 heavy (non-hydrogen) atoms. The number of hydrogen-bond acceptors (Lipinski definition) is 1. The second-order valence-corrected chi connectivity index (χ2v) is 1.67.